The lowest BCUT2D eigenvalue weighted by Crippen LogP contribution is -2.46. The smallest absolute Gasteiger partial charge is 0.229 e. The predicted octanol–water partition coefficient (Wildman–Crippen LogP) is 1.53. The molecule has 2 fully saturated rings. The number of imide groups is 1. The van der Waals surface area contributed by atoms with Gasteiger partial charge in [-0.05, 0) is 18.8 Å². The van der Waals surface area contributed by atoms with E-state index in [-0.39, 0.29) is 36.0 Å². The van der Waals surface area contributed by atoms with Crippen molar-refractivity contribution in [3.05, 3.63) is 0 Å². The molecule has 1 saturated heterocycles. The fourth-order valence-electron chi connectivity index (χ4n) is 2.74. The van der Waals surface area contributed by atoms with Crippen molar-refractivity contribution in [3.63, 3.8) is 0 Å². The molecule has 0 unspecified atom stereocenters. The standard InChI is InChI=1S/C13H19NO3/c1-9-6-12(16)14(13(17)7-9)8-11(15)10-4-2-3-5-10/h9-10H,2-8H2,1H3. The Kier molecular flexibility index (Phi) is 3.60. The number of likely N-dealkylation sites (tertiary alicyclic amines) is 1. The van der Waals surface area contributed by atoms with E-state index < -0.39 is 0 Å². The summed E-state index contributed by atoms with van der Waals surface area (Å²) in [6.45, 7) is 1.90. The summed E-state index contributed by atoms with van der Waals surface area (Å²) in [5.74, 6) is -0.0956. The molecular weight excluding hydrogens is 218 g/mol. The van der Waals surface area contributed by atoms with Crippen LogP contribution in [0.25, 0.3) is 0 Å². The molecule has 2 rings (SSSR count). The van der Waals surface area contributed by atoms with E-state index >= 15 is 0 Å². The molecule has 0 aromatic rings. The summed E-state index contributed by atoms with van der Waals surface area (Å²) in [6, 6.07) is 0. The van der Waals surface area contributed by atoms with Gasteiger partial charge in [0.15, 0.2) is 5.78 Å². The van der Waals surface area contributed by atoms with Crippen molar-refractivity contribution in [2.75, 3.05) is 6.54 Å². The highest BCUT2D eigenvalue weighted by Gasteiger charge is 2.33. The van der Waals surface area contributed by atoms with Crippen molar-refractivity contribution < 1.29 is 14.4 Å². The first-order valence-electron chi connectivity index (χ1n) is 6.44. The number of nitrogens with zero attached hydrogens (tertiary/aromatic N) is 1. The molecule has 0 N–H and O–H groups in total. The Morgan fingerprint density at radius 3 is 2.24 bits per heavy atom. The lowest BCUT2D eigenvalue weighted by molar-refractivity contribution is -0.152. The number of hydrogen-bond donors (Lipinski definition) is 0. The molecule has 4 nitrogen and oxygen atoms in total. The minimum Gasteiger partial charge on any atom is -0.297 e. The van der Waals surface area contributed by atoms with Crippen LogP contribution >= 0.6 is 0 Å². The molecule has 0 radical (unpaired) electrons. The SMILES string of the molecule is CC1CC(=O)N(CC(=O)C2CCCC2)C(=O)C1. The van der Waals surface area contributed by atoms with Crippen LogP contribution in [-0.4, -0.2) is 29.0 Å². The topological polar surface area (TPSA) is 54.5 Å². The molecule has 0 spiro atoms. The van der Waals surface area contributed by atoms with Crippen molar-refractivity contribution in [1.82, 2.24) is 4.90 Å². The Morgan fingerprint density at radius 2 is 1.71 bits per heavy atom. The predicted molar refractivity (Wildman–Crippen MR) is 62.1 cm³/mol. The van der Waals surface area contributed by atoms with Gasteiger partial charge in [0.2, 0.25) is 11.8 Å². The molecule has 2 amide bonds. The number of Topliss-reactive ketones (excluding diaryl/α,β-unsaturated/α-hetero) is 1. The van der Waals surface area contributed by atoms with Crippen LogP contribution in [0, 0.1) is 11.8 Å². The van der Waals surface area contributed by atoms with E-state index in [0.717, 1.165) is 25.7 Å². The Bertz CT molecular complexity index is 327. The van der Waals surface area contributed by atoms with E-state index in [1.54, 1.807) is 0 Å². The number of rotatable bonds is 3. The van der Waals surface area contributed by atoms with Crippen LogP contribution in [0.1, 0.15) is 45.4 Å². The number of piperidine rings is 1. The lowest BCUT2D eigenvalue weighted by atomic mass is 9.96. The molecule has 0 aromatic heterocycles. The Hall–Kier alpha value is -1.19. The molecule has 0 aromatic carbocycles. The van der Waals surface area contributed by atoms with Crippen LogP contribution in [0.2, 0.25) is 0 Å². The van der Waals surface area contributed by atoms with Crippen molar-refractivity contribution >= 4 is 17.6 Å². The van der Waals surface area contributed by atoms with Gasteiger partial charge in [0.05, 0.1) is 6.54 Å². The van der Waals surface area contributed by atoms with Gasteiger partial charge in [0, 0.05) is 18.8 Å². The second-order valence-corrected chi connectivity index (χ2v) is 5.33. The van der Waals surface area contributed by atoms with Crippen molar-refractivity contribution in [2.45, 2.75) is 45.4 Å². The zero-order valence-corrected chi connectivity index (χ0v) is 10.3. The molecule has 2 aliphatic rings. The monoisotopic (exact) mass is 237 g/mol. The van der Waals surface area contributed by atoms with Crippen LogP contribution in [0.3, 0.4) is 0 Å². The van der Waals surface area contributed by atoms with Gasteiger partial charge in [-0.15, -0.1) is 0 Å². The first-order valence-corrected chi connectivity index (χ1v) is 6.44. The van der Waals surface area contributed by atoms with Gasteiger partial charge in [-0.2, -0.15) is 0 Å². The number of hydrogen-bond acceptors (Lipinski definition) is 3. The molecule has 94 valence electrons. The minimum atomic E-state index is -0.180. The second kappa shape index (κ2) is 4.98. The van der Waals surface area contributed by atoms with Crippen molar-refractivity contribution in [2.24, 2.45) is 11.8 Å². The number of carbonyl (C=O) groups excluding carboxylic acids is 3. The quantitative estimate of drug-likeness (QED) is 0.699. The number of ketones is 1. The zero-order chi connectivity index (χ0) is 12.4. The highest BCUT2D eigenvalue weighted by molar-refractivity contribution is 6.01. The third-order valence-electron chi connectivity index (χ3n) is 3.77. The van der Waals surface area contributed by atoms with Gasteiger partial charge in [-0.3, -0.25) is 19.3 Å². The van der Waals surface area contributed by atoms with E-state index in [2.05, 4.69) is 0 Å². The lowest BCUT2D eigenvalue weighted by Gasteiger charge is -2.28. The van der Waals surface area contributed by atoms with Gasteiger partial charge < -0.3 is 0 Å². The summed E-state index contributed by atoms with van der Waals surface area (Å²) >= 11 is 0. The van der Waals surface area contributed by atoms with Gasteiger partial charge in [-0.1, -0.05) is 19.8 Å². The summed E-state index contributed by atoms with van der Waals surface area (Å²) < 4.78 is 0. The molecule has 0 bridgehead atoms. The summed E-state index contributed by atoms with van der Waals surface area (Å²) in [6.07, 6.45) is 4.81. The third-order valence-corrected chi connectivity index (χ3v) is 3.77. The molecule has 0 atom stereocenters. The number of amides is 2. The third kappa shape index (κ3) is 2.73. The highest BCUT2D eigenvalue weighted by atomic mass is 16.2. The van der Waals surface area contributed by atoms with Gasteiger partial charge in [0.1, 0.15) is 0 Å². The normalized spacial score (nSPS) is 23.5. The van der Waals surface area contributed by atoms with E-state index in [1.165, 1.54) is 4.90 Å². The Balaban J connectivity index is 1.95. The van der Waals surface area contributed by atoms with Crippen molar-refractivity contribution in [1.29, 1.82) is 0 Å². The van der Waals surface area contributed by atoms with Crippen LogP contribution in [0.4, 0.5) is 0 Å². The Labute approximate surface area is 101 Å². The minimum absolute atomic E-state index is 0.00898. The molecule has 1 heterocycles. The molecule has 17 heavy (non-hydrogen) atoms. The van der Waals surface area contributed by atoms with E-state index in [4.69, 9.17) is 0 Å². The van der Waals surface area contributed by atoms with E-state index in [0.29, 0.717) is 12.8 Å². The maximum absolute atomic E-state index is 11.9. The fraction of sp³-hybridized carbons (Fsp3) is 0.769. The molecule has 1 saturated carbocycles. The zero-order valence-electron chi connectivity index (χ0n) is 10.3. The summed E-state index contributed by atoms with van der Waals surface area (Å²) in [5.41, 5.74) is 0. The molecule has 1 aliphatic carbocycles. The summed E-state index contributed by atoms with van der Waals surface area (Å²) in [5, 5.41) is 0. The first-order chi connectivity index (χ1) is 8.08. The average molecular weight is 237 g/mol. The van der Waals surface area contributed by atoms with Crippen LogP contribution in [0.15, 0.2) is 0 Å². The maximum Gasteiger partial charge on any atom is 0.229 e. The summed E-state index contributed by atoms with van der Waals surface area (Å²) in [7, 11) is 0. The molecular formula is C13H19NO3. The number of carbonyl (C=O) groups is 3. The van der Waals surface area contributed by atoms with Crippen LogP contribution < -0.4 is 0 Å². The van der Waals surface area contributed by atoms with E-state index in [1.807, 2.05) is 6.92 Å². The largest absolute Gasteiger partial charge is 0.297 e. The molecule has 4 heteroatoms. The van der Waals surface area contributed by atoms with E-state index in [9.17, 15) is 14.4 Å². The van der Waals surface area contributed by atoms with Crippen molar-refractivity contribution in [3.8, 4) is 0 Å². The van der Waals surface area contributed by atoms with Gasteiger partial charge in [0.25, 0.3) is 0 Å². The maximum atomic E-state index is 11.9. The van der Waals surface area contributed by atoms with Gasteiger partial charge >= 0.3 is 0 Å². The summed E-state index contributed by atoms with van der Waals surface area (Å²) in [4.78, 5) is 36.5. The highest BCUT2D eigenvalue weighted by Crippen LogP contribution is 2.26. The average Bonchev–Trinajstić information content (AvgIpc) is 2.76. The fourth-order valence-corrected chi connectivity index (χ4v) is 2.74. The van der Waals surface area contributed by atoms with Gasteiger partial charge in [-0.25, -0.2) is 0 Å². The molecule has 1 aliphatic heterocycles. The first kappa shape index (κ1) is 12.3. The second-order valence-electron chi connectivity index (χ2n) is 5.33. The Morgan fingerprint density at radius 1 is 1.18 bits per heavy atom. The van der Waals surface area contributed by atoms with Crippen LogP contribution in [0.5, 0.6) is 0 Å². The van der Waals surface area contributed by atoms with Crippen LogP contribution in [-0.2, 0) is 14.4 Å².